The number of benzene rings is 1. The van der Waals surface area contributed by atoms with E-state index < -0.39 is 0 Å². The third-order valence-corrected chi connectivity index (χ3v) is 4.29. The molecule has 1 saturated heterocycles. The molecular weight excluding hydrogens is 290 g/mol. The van der Waals surface area contributed by atoms with Crippen LogP contribution in [-0.2, 0) is 0 Å². The molecule has 1 atom stereocenters. The van der Waals surface area contributed by atoms with E-state index in [1.807, 2.05) is 0 Å². The van der Waals surface area contributed by atoms with Gasteiger partial charge < -0.3 is 15.8 Å². The number of carbonyl (C=O) groups excluding carboxylic acids is 1. The average Bonchev–Trinajstić information content (AvgIpc) is 2.94. The fourth-order valence-corrected chi connectivity index (χ4v) is 2.92. The maximum atomic E-state index is 12.3. The van der Waals surface area contributed by atoms with Crippen LogP contribution in [0, 0.1) is 0 Å². The summed E-state index contributed by atoms with van der Waals surface area (Å²) in [5.41, 5.74) is 6.56. The van der Waals surface area contributed by atoms with Crippen molar-refractivity contribution in [1.29, 1.82) is 0 Å². The minimum absolute atomic E-state index is 0.182. The Morgan fingerprint density at radius 1 is 1.57 bits per heavy atom. The molecule has 1 unspecified atom stereocenters. The lowest BCUT2D eigenvalue weighted by atomic mass is 10.1. The average molecular weight is 312 g/mol. The van der Waals surface area contributed by atoms with Gasteiger partial charge >= 0.3 is 0 Å². The van der Waals surface area contributed by atoms with E-state index in [9.17, 15) is 4.79 Å². The standard InChI is InChI=1S/C15H22ClN3O2/c1-3-19-6-4-5-10(19)9-18-15(20)11-7-13(17)12(16)8-14(11)21-2/h7-8,10H,3-6,9,17H2,1-2H3,(H,18,20). The van der Waals surface area contributed by atoms with E-state index in [1.165, 1.54) is 13.5 Å². The van der Waals surface area contributed by atoms with E-state index in [4.69, 9.17) is 22.1 Å². The Bertz CT molecular complexity index is 522. The first-order chi connectivity index (χ1) is 10.1. The zero-order valence-corrected chi connectivity index (χ0v) is 13.2. The normalized spacial score (nSPS) is 18.7. The monoisotopic (exact) mass is 311 g/mol. The van der Waals surface area contributed by atoms with Gasteiger partial charge in [-0.15, -0.1) is 0 Å². The summed E-state index contributed by atoms with van der Waals surface area (Å²) < 4.78 is 5.21. The van der Waals surface area contributed by atoms with E-state index in [0.29, 0.717) is 34.6 Å². The number of nitrogens with two attached hydrogens (primary N) is 1. The molecule has 0 radical (unpaired) electrons. The molecule has 3 N–H and O–H groups in total. The van der Waals surface area contributed by atoms with Crippen LogP contribution in [0.15, 0.2) is 12.1 Å². The number of hydrogen-bond donors (Lipinski definition) is 2. The van der Waals surface area contributed by atoms with Crippen molar-refractivity contribution in [3.05, 3.63) is 22.7 Å². The van der Waals surface area contributed by atoms with Crippen LogP contribution in [0.2, 0.25) is 5.02 Å². The number of hydrogen-bond acceptors (Lipinski definition) is 4. The van der Waals surface area contributed by atoms with Crippen LogP contribution in [0.25, 0.3) is 0 Å². The van der Waals surface area contributed by atoms with Gasteiger partial charge in [-0.1, -0.05) is 18.5 Å². The van der Waals surface area contributed by atoms with Crippen molar-refractivity contribution >= 4 is 23.2 Å². The quantitative estimate of drug-likeness (QED) is 0.818. The molecule has 1 amide bonds. The molecule has 1 aromatic carbocycles. The number of methoxy groups -OCH3 is 1. The lowest BCUT2D eigenvalue weighted by Gasteiger charge is -2.23. The summed E-state index contributed by atoms with van der Waals surface area (Å²) >= 11 is 5.94. The minimum Gasteiger partial charge on any atom is -0.496 e. The highest BCUT2D eigenvalue weighted by atomic mass is 35.5. The summed E-state index contributed by atoms with van der Waals surface area (Å²) in [5, 5.41) is 3.35. The Labute approximate surface area is 130 Å². The number of likely N-dealkylation sites (tertiary alicyclic amines) is 1. The molecule has 0 spiro atoms. The van der Waals surface area contributed by atoms with Gasteiger partial charge in [0.15, 0.2) is 0 Å². The van der Waals surface area contributed by atoms with Crippen molar-refractivity contribution in [2.24, 2.45) is 0 Å². The maximum absolute atomic E-state index is 12.3. The number of rotatable bonds is 5. The highest BCUT2D eigenvalue weighted by molar-refractivity contribution is 6.33. The molecule has 1 fully saturated rings. The number of halogens is 1. The smallest absolute Gasteiger partial charge is 0.255 e. The van der Waals surface area contributed by atoms with Crippen molar-refractivity contribution in [3.63, 3.8) is 0 Å². The van der Waals surface area contributed by atoms with E-state index in [-0.39, 0.29) is 5.91 Å². The Balaban J connectivity index is 2.05. The third-order valence-electron chi connectivity index (χ3n) is 3.97. The van der Waals surface area contributed by atoms with Crippen LogP contribution in [0.4, 0.5) is 5.69 Å². The van der Waals surface area contributed by atoms with Gasteiger partial charge in [-0.2, -0.15) is 0 Å². The highest BCUT2D eigenvalue weighted by Gasteiger charge is 2.24. The fourth-order valence-electron chi connectivity index (χ4n) is 2.77. The second-order valence-corrected chi connectivity index (χ2v) is 5.62. The number of likely N-dealkylation sites (N-methyl/N-ethyl adjacent to an activating group) is 1. The number of nitrogens with zero attached hydrogens (tertiary/aromatic N) is 1. The van der Waals surface area contributed by atoms with Gasteiger partial charge in [-0.05, 0) is 32.0 Å². The van der Waals surface area contributed by atoms with Crippen molar-refractivity contribution in [2.45, 2.75) is 25.8 Å². The molecule has 2 rings (SSSR count). The molecule has 6 heteroatoms. The molecule has 21 heavy (non-hydrogen) atoms. The van der Waals surface area contributed by atoms with Crippen molar-refractivity contribution in [1.82, 2.24) is 10.2 Å². The minimum atomic E-state index is -0.182. The molecule has 116 valence electrons. The van der Waals surface area contributed by atoms with Crippen LogP contribution >= 0.6 is 11.6 Å². The fraction of sp³-hybridized carbons (Fsp3) is 0.533. The molecule has 1 aliphatic heterocycles. The van der Waals surface area contributed by atoms with Gasteiger partial charge in [0.2, 0.25) is 0 Å². The zero-order chi connectivity index (χ0) is 15.4. The summed E-state index contributed by atoms with van der Waals surface area (Å²) in [6, 6.07) is 3.54. The van der Waals surface area contributed by atoms with Crippen LogP contribution in [0.1, 0.15) is 30.1 Å². The second kappa shape index (κ2) is 7.00. The SMILES string of the molecule is CCN1CCCC1CNC(=O)c1cc(N)c(Cl)cc1OC. The number of carbonyl (C=O) groups is 1. The number of amides is 1. The van der Waals surface area contributed by atoms with Crippen LogP contribution in [0.5, 0.6) is 5.75 Å². The largest absolute Gasteiger partial charge is 0.496 e. The van der Waals surface area contributed by atoms with E-state index >= 15 is 0 Å². The molecule has 0 aliphatic carbocycles. The summed E-state index contributed by atoms with van der Waals surface area (Å²) in [5.74, 6) is 0.253. The lowest BCUT2D eigenvalue weighted by molar-refractivity contribution is 0.0938. The number of nitrogen functional groups attached to an aromatic ring is 1. The predicted octanol–water partition coefficient (Wildman–Crippen LogP) is 2.14. The molecule has 0 bridgehead atoms. The molecule has 0 aromatic heterocycles. The van der Waals surface area contributed by atoms with E-state index in [1.54, 1.807) is 12.1 Å². The van der Waals surface area contributed by atoms with Gasteiger partial charge in [-0.3, -0.25) is 9.69 Å². The Hall–Kier alpha value is -1.46. The van der Waals surface area contributed by atoms with Crippen LogP contribution in [-0.4, -0.2) is 43.6 Å². The summed E-state index contributed by atoms with van der Waals surface area (Å²) in [7, 11) is 1.51. The van der Waals surface area contributed by atoms with E-state index in [2.05, 4.69) is 17.1 Å². The van der Waals surface area contributed by atoms with E-state index in [0.717, 1.165) is 19.5 Å². The summed E-state index contributed by atoms with van der Waals surface area (Å²) in [6.07, 6.45) is 2.31. The lowest BCUT2D eigenvalue weighted by Crippen LogP contribution is -2.40. The first-order valence-electron chi connectivity index (χ1n) is 7.22. The van der Waals surface area contributed by atoms with Crippen LogP contribution < -0.4 is 15.8 Å². The molecule has 1 heterocycles. The van der Waals surface area contributed by atoms with Crippen molar-refractivity contribution in [3.8, 4) is 5.75 Å². The van der Waals surface area contributed by atoms with Gasteiger partial charge in [0.05, 0.1) is 23.4 Å². The van der Waals surface area contributed by atoms with Crippen molar-refractivity contribution in [2.75, 3.05) is 32.5 Å². The molecule has 5 nitrogen and oxygen atoms in total. The molecule has 1 aliphatic rings. The van der Waals surface area contributed by atoms with Crippen molar-refractivity contribution < 1.29 is 9.53 Å². The molecular formula is C15H22ClN3O2. The second-order valence-electron chi connectivity index (χ2n) is 5.21. The first kappa shape index (κ1) is 15.9. The Morgan fingerprint density at radius 2 is 2.33 bits per heavy atom. The van der Waals surface area contributed by atoms with Gasteiger partial charge in [-0.25, -0.2) is 0 Å². The maximum Gasteiger partial charge on any atom is 0.255 e. The Kier molecular flexibility index (Phi) is 5.31. The third kappa shape index (κ3) is 3.60. The predicted molar refractivity (Wildman–Crippen MR) is 85.0 cm³/mol. The Morgan fingerprint density at radius 3 is 3.00 bits per heavy atom. The summed E-state index contributed by atoms with van der Waals surface area (Å²) in [6.45, 7) is 4.90. The highest BCUT2D eigenvalue weighted by Crippen LogP contribution is 2.28. The zero-order valence-electron chi connectivity index (χ0n) is 12.5. The van der Waals surface area contributed by atoms with Gasteiger partial charge in [0, 0.05) is 18.7 Å². The molecule has 0 saturated carbocycles. The summed E-state index contributed by atoms with van der Waals surface area (Å²) in [4.78, 5) is 14.7. The topological polar surface area (TPSA) is 67.6 Å². The first-order valence-corrected chi connectivity index (χ1v) is 7.59. The number of ether oxygens (including phenoxy) is 1. The van der Waals surface area contributed by atoms with Gasteiger partial charge in [0.25, 0.3) is 5.91 Å². The number of anilines is 1. The van der Waals surface area contributed by atoms with Crippen LogP contribution in [0.3, 0.4) is 0 Å². The number of nitrogens with one attached hydrogen (secondary N) is 1. The van der Waals surface area contributed by atoms with Gasteiger partial charge in [0.1, 0.15) is 5.75 Å². The molecule has 1 aromatic rings.